The van der Waals surface area contributed by atoms with Crippen molar-refractivity contribution in [1.29, 1.82) is 0 Å². The Morgan fingerprint density at radius 2 is 2.12 bits per heavy atom. The number of carboxylic acid groups (broad SMARTS) is 1. The predicted molar refractivity (Wildman–Crippen MR) is 63.1 cm³/mol. The molecule has 1 rings (SSSR count). The standard InChI is InChI=1S/C13H16O3/c1-9(2)6-7-16-12-8-10(3)4-5-11(12)13(14)15/h4-6,8H,7H2,1-3H3,(H,14,15). The average Bonchev–Trinajstić information content (AvgIpc) is 2.16. The second-order valence-electron chi connectivity index (χ2n) is 3.90. The van der Waals surface area contributed by atoms with Crippen LogP contribution in [0.2, 0.25) is 0 Å². The van der Waals surface area contributed by atoms with Gasteiger partial charge in [0.05, 0.1) is 0 Å². The molecule has 0 heterocycles. The van der Waals surface area contributed by atoms with E-state index in [4.69, 9.17) is 9.84 Å². The van der Waals surface area contributed by atoms with Crippen molar-refractivity contribution < 1.29 is 14.6 Å². The molecule has 0 bridgehead atoms. The summed E-state index contributed by atoms with van der Waals surface area (Å²) in [7, 11) is 0. The summed E-state index contributed by atoms with van der Waals surface area (Å²) in [4.78, 5) is 10.9. The molecule has 0 amide bonds. The van der Waals surface area contributed by atoms with Crippen LogP contribution in [0, 0.1) is 6.92 Å². The second-order valence-corrected chi connectivity index (χ2v) is 3.90. The molecular weight excluding hydrogens is 204 g/mol. The van der Waals surface area contributed by atoms with Gasteiger partial charge in [0.25, 0.3) is 0 Å². The fraction of sp³-hybridized carbons (Fsp3) is 0.308. The molecule has 0 aliphatic heterocycles. The minimum absolute atomic E-state index is 0.202. The molecule has 3 heteroatoms. The Kier molecular flexibility index (Phi) is 4.11. The predicted octanol–water partition coefficient (Wildman–Crippen LogP) is 3.04. The van der Waals surface area contributed by atoms with Gasteiger partial charge in [-0.05, 0) is 44.5 Å². The van der Waals surface area contributed by atoms with Gasteiger partial charge in [0, 0.05) is 0 Å². The van der Waals surface area contributed by atoms with Crippen molar-refractivity contribution in [3.05, 3.63) is 41.0 Å². The zero-order chi connectivity index (χ0) is 12.1. The number of aryl methyl sites for hydroxylation is 1. The van der Waals surface area contributed by atoms with Crippen molar-refractivity contribution in [2.24, 2.45) is 0 Å². The molecule has 1 N–H and O–H groups in total. The number of carbonyl (C=O) groups is 1. The number of benzene rings is 1. The maximum Gasteiger partial charge on any atom is 0.339 e. The van der Waals surface area contributed by atoms with Crippen LogP contribution in [-0.2, 0) is 0 Å². The van der Waals surface area contributed by atoms with Gasteiger partial charge in [0.2, 0.25) is 0 Å². The molecule has 0 unspecified atom stereocenters. The van der Waals surface area contributed by atoms with Gasteiger partial charge in [0.1, 0.15) is 17.9 Å². The molecule has 3 nitrogen and oxygen atoms in total. The van der Waals surface area contributed by atoms with Crippen LogP contribution in [0.1, 0.15) is 29.8 Å². The molecule has 86 valence electrons. The minimum atomic E-state index is -0.966. The van der Waals surface area contributed by atoms with Crippen molar-refractivity contribution in [3.8, 4) is 5.75 Å². The monoisotopic (exact) mass is 220 g/mol. The summed E-state index contributed by atoms with van der Waals surface area (Å²) in [6, 6.07) is 5.06. The van der Waals surface area contributed by atoms with Crippen LogP contribution in [0.4, 0.5) is 0 Å². The lowest BCUT2D eigenvalue weighted by molar-refractivity contribution is 0.0693. The minimum Gasteiger partial charge on any atom is -0.489 e. The fourth-order valence-corrected chi connectivity index (χ4v) is 1.22. The van der Waals surface area contributed by atoms with E-state index in [1.165, 1.54) is 0 Å². The number of rotatable bonds is 4. The Morgan fingerprint density at radius 3 is 2.69 bits per heavy atom. The Balaban J connectivity index is 2.88. The lowest BCUT2D eigenvalue weighted by Crippen LogP contribution is -2.03. The second kappa shape index (κ2) is 5.35. The van der Waals surface area contributed by atoms with Crippen molar-refractivity contribution in [2.75, 3.05) is 6.61 Å². The van der Waals surface area contributed by atoms with Crippen LogP contribution < -0.4 is 4.74 Å². The molecule has 0 saturated heterocycles. The highest BCUT2D eigenvalue weighted by atomic mass is 16.5. The van der Waals surface area contributed by atoms with E-state index in [1.807, 2.05) is 26.8 Å². The van der Waals surface area contributed by atoms with E-state index < -0.39 is 5.97 Å². The molecule has 1 aromatic carbocycles. The highest BCUT2D eigenvalue weighted by Crippen LogP contribution is 2.20. The van der Waals surface area contributed by atoms with Crippen molar-refractivity contribution in [1.82, 2.24) is 0 Å². The summed E-state index contributed by atoms with van der Waals surface area (Å²) < 4.78 is 5.43. The van der Waals surface area contributed by atoms with Crippen LogP contribution in [-0.4, -0.2) is 17.7 Å². The number of aromatic carboxylic acids is 1. The molecular formula is C13H16O3. The van der Waals surface area contributed by atoms with Gasteiger partial charge in [-0.3, -0.25) is 0 Å². The topological polar surface area (TPSA) is 46.5 Å². The zero-order valence-corrected chi connectivity index (χ0v) is 9.78. The van der Waals surface area contributed by atoms with Crippen molar-refractivity contribution >= 4 is 5.97 Å². The van der Waals surface area contributed by atoms with Crippen LogP contribution in [0.15, 0.2) is 29.8 Å². The Bertz CT molecular complexity index is 415. The molecule has 0 aromatic heterocycles. The molecule has 0 aliphatic rings. The lowest BCUT2D eigenvalue weighted by atomic mass is 10.1. The quantitative estimate of drug-likeness (QED) is 0.793. The zero-order valence-electron chi connectivity index (χ0n) is 9.78. The van der Waals surface area contributed by atoms with Crippen LogP contribution in [0.5, 0.6) is 5.75 Å². The Hall–Kier alpha value is -1.77. The van der Waals surface area contributed by atoms with Gasteiger partial charge in [-0.1, -0.05) is 11.6 Å². The van der Waals surface area contributed by atoms with E-state index in [-0.39, 0.29) is 5.56 Å². The van der Waals surface area contributed by atoms with E-state index in [2.05, 4.69) is 0 Å². The van der Waals surface area contributed by atoms with Gasteiger partial charge < -0.3 is 9.84 Å². The number of hydrogen-bond donors (Lipinski definition) is 1. The highest BCUT2D eigenvalue weighted by molar-refractivity contribution is 5.90. The third-order valence-electron chi connectivity index (χ3n) is 2.10. The van der Waals surface area contributed by atoms with Gasteiger partial charge >= 0.3 is 5.97 Å². The van der Waals surface area contributed by atoms with Gasteiger partial charge in [-0.15, -0.1) is 0 Å². The van der Waals surface area contributed by atoms with Gasteiger partial charge in [0.15, 0.2) is 0 Å². The van der Waals surface area contributed by atoms with Crippen LogP contribution in [0.3, 0.4) is 0 Å². The summed E-state index contributed by atoms with van der Waals surface area (Å²) in [6.07, 6.45) is 1.91. The molecule has 0 radical (unpaired) electrons. The SMILES string of the molecule is CC(C)=CCOc1cc(C)ccc1C(=O)O. The van der Waals surface area contributed by atoms with E-state index in [0.29, 0.717) is 12.4 Å². The van der Waals surface area contributed by atoms with E-state index in [0.717, 1.165) is 11.1 Å². The summed E-state index contributed by atoms with van der Waals surface area (Å²) in [6.45, 7) is 6.24. The van der Waals surface area contributed by atoms with Crippen LogP contribution >= 0.6 is 0 Å². The normalized spacial score (nSPS) is 9.69. The van der Waals surface area contributed by atoms with E-state index in [9.17, 15) is 4.79 Å². The maximum absolute atomic E-state index is 10.9. The Morgan fingerprint density at radius 1 is 1.44 bits per heavy atom. The smallest absolute Gasteiger partial charge is 0.339 e. The average molecular weight is 220 g/mol. The van der Waals surface area contributed by atoms with E-state index in [1.54, 1.807) is 18.2 Å². The molecule has 0 saturated carbocycles. The first-order valence-corrected chi connectivity index (χ1v) is 5.11. The van der Waals surface area contributed by atoms with Gasteiger partial charge in [-0.2, -0.15) is 0 Å². The fourth-order valence-electron chi connectivity index (χ4n) is 1.22. The molecule has 0 aliphatic carbocycles. The summed E-state index contributed by atoms with van der Waals surface area (Å²) in [5, 5.41) is 8.97. The molecule has 16 heavy (non-hydrogen) atoms. The number of ether oxygens (including phenoxy) is 1. The largest absolute Gasteiger partial charge is 0.489 e. The highest BCUT2D eigenvalue weighted by Gasteiger charge is 2.10. The third kappa shape index (κ3) is 3.42. The molecule has 0 fully saturated rings. The number of allylic oxidation sites excluding steroid dienone is 1. The van der Waals surface area contributed by atoms with Crippen molar-refractivity contribution in [3.63, 3.8) is 0 Å². The summed E-state index contributed by atoms with van der Waals surface area (Å²) >= 11 is 0. The van der Waals surface area contributed by atoms with Gasteiger partial charge in [-0.25, -0.2) is 4.79 Å². The third-order valence-corrected chi connectivity index (χ3v) is 2.10. The molecule has 0 spiro atoms. The van der Waals surface area contributed by atoms with Crippen LogP contribution in [0.25, 0.3) is 0 Å². The number of hydrogen-bond acceptors (Lipinski definition) is 2. The maximum atomic E-state index is 10.9. The first-order valence-electron chi connectivity index (χ1n) is 5.11. The lowest BCUT2D eigenvalue weighted by Gasteiger charge is -2.08. The molecule has 0 atom stereocenters. The molecule has 1 aromatic rings. The summed E-state index contributed by atoms with van der Waals surface area (Å²) in [5.41, 5.74) is 2.33. The van der Waals surface area contributed by atoms with Crippen molar-refractivity contribution in [2.45, 2.75) is 20.8 Å². The first kappa shape index (κ1) is 12.3. The Labute approximate surface area is 95.4 Å². The summed E-state index contributed by atoms with van der Waals surface area (Å²) in [5.74, 6) is -0.544. The van der Waals surface area contributed by atoms with E-state index >= 15 is 0 Å². The number of carboxylic acids is 1. The first-order chi connectivity index (χ1) is 7.50.